The molecule has 0 aliphatic carbocycles. The molecule has 27 heavy (non-hydrogen) atoms. The summed E-state index contributed by atoms with van der Waals surface area (Å²) in [6, 6.07) is 13.2. The van der Waals surface area contributed by atoms with E-state index in [1.807, 2.05) is 24.3 Å². The quantitative estimate of drug-likeness (QED) is 0.370. The topological polar surface area (TPSA) is 71.3 Å². The maximum absolute atomic E-state index is 11.8. The van der Waals surface area contributed by atoms with E-state index < -0.39 is 0 Å². The maximum atomic E-state index is 11.8. The number of thioether (sulfide) groups is 1. The Labute approximate surface area is 179 Å². The first-order valence-electron chi connectivity index (χ1n) is 7.75. The molecule has 0 aromatic heterocycles. The van der Waals surface area contributed by atoms with Crippen molar-refractivity contribution in [2.45, 2.75) is 6.61 Å². The van der Waals surface area contributed by atoms with Gasteiger partial charge in [0.25, 0.3) is 5.91 Å². The summed E-state index contributed by atoms with van der Waals surface area (Å²) in [7, 11) is 1.56. The van der Waals surface area contributed by atoms with Gasteiger partial charge >= 0.3 is 0 Å². The number of methoxy groups -OCH3 is 1. The third kappa shape index (κ3) is 4.61. The number of amides is 1. The van der Waals surface area contributed by atoms with Crippen molar-refractivity contribution in [3.8, 4) is 17.6 Å². The van der Waals surface area contributed by atoms with Crippen LogP contribution < -0.4 is 14.8 Å². The number of nitriles is 1. The second-order valence-corrected chi connectivity index (χ2v) is 8.33. The number of carbonyl (C=O) groups is 1. The molecule has 1 heterocycles. The van der Waals surface area contributed by atoms with E-state index in [9.17, 15) is 10.1 Å². The van der Waals surface area contributed by atoms with Gasteiger partial charge in [-0.15, -0.1) is 0 Å². The monoisotopic (exact) mass is 508 g/mol. The fraction of sp³-hybridized carbons (Fsp3) is 0.105. The Bertz CT molecular complexity index is 999. The van der Waals surface area contributed by atoms with Gasteiger partial charge in [0.15, 0.2) is 11.5 Å². The number of nitrogens with zero attached hydrogens (tertiary/aromatic N) is 1. The van der Waals surface area contributed by atoms with Crippen molar-refractivity contribution in [3.63, 3.8) is 0 Å². The number of ether oxygens (including phenoxy) is 2. The number of nitrogens with one attached hydrogen (secondary N) is 1. The molecule has 5 nitrogen and oxygen atoms in total. The minimum absolute atomic E-state index is 0.201. The first-order chi connectivity index (χ1) is 13.0. The minimum Gasteiger partial charge on any atom is -0.493 e. The summed E-state index contributed by atoms with van der Waals surface area (Å²) in [5.74, 6) is 0.939. The Kier molecular flexibility index (Phi) is 6.36. The highest BCUT2D eigenvalue weighted by molar-refractivity contribution is 14.1. The van der Waals surface area contributed by atoms with Gasteiger partial charge in [-0.3, -0.25) is 4.79 Å². The molecule has 1 N–H and O–H groups in total. The normalized spacial score (nSPS) is 14.8. The number of halogens is 1. The average molecular weight is 508 g/mol. The Morgan fingerprint density at radius 1 is 1.37 bits per heavy atom. The Balaban J connectivity index is 1.87. The molecule has 0 radical (unpaired) electrons. The van der Waals surface area contributed by atoms with Gasteiger partial charge in [0.2, 0.25) is 0 Å². The van der Waals surface area contributed by atoms with Crippen molar-refractivity contribution in [1.29, 1.82) is 5.26 Å². The van der Waals surface area contributed by atoms with Crippen LogP contribution in [-0.4, -0.2) is 17.3 Å². The molecule has 0 spiro atoms. The van der Waals surface area contributed by atoms with Crippen LogP contribution in [0.3, 0.4) is 0 Å². The maximum Gasteiger partial charge on any atom is 0.263 e. The SMILES string of the molecule is COc1cc(/C=C2\SC(=S)NC2=O)cc(I)c1OCc1ccccc1C#N. The van der Waals surface area contributed by atoms with Gasteiger partial charge in [-0.05, 0) is 52.4 Å². The van der Waals surface area contributed by atoms with E-state index in [2.05, 4.69) is 34.0 Å². The van der Waals surface area contributed by atoms with Gasteiger partial charge in [-0.2, -0.15) is 5.26 Å². The molecule has 0 unspecified atom stereocenters. The number of thiocarbonyl (C=S) groups is 1. The van der Waals surface area contributed by atoms with E-state index in [0.717, 1.165) is 14.7 Å². The molecule has 1 saturated heterocycles. The summed E-state index contributed by atoms with van der Waals surface area (Å²) in [5, 5.41) is 11.8. The highest BCUT2D eigenvalue weighted by Crippen LogP contribution is 2.36. The van der Waals surface area contributed by atoms with E-state index in [4.69, 9.17) is 21.7 Å². The standard InChI is InChI=1S/C19H13IN2O3S2/c1-24-15-7-11(8-16-18(23)22-19(26)27-16)6-14(20)17(15)25-10-13-5-3-2-4-12(13)9-21/h2-8H,10H2,1H3,(H,22,23,26)/b16-8-. The summed E-state index contributed by atoms with van der Waals surface area (Å²) < 4.78 is 12.7. The number of hydrogen-bond acceptors (Lipinski definition) is 6. The number of benzene rings is 2. The molecule has 0 saturated carbocycles. The van der Waals surface area contributed by atoms with Crippen LogP contribution in [0, 0.1) is 14.9 Å². The van der Waals surface area contributed by atoms with Crippen LogP contribution in [0.1, 0.15) is 16.7 Å². The first-order valence-corrected chi connectivity index (χ1v) is 10.1. The molecular weight excluding hydrogens is 495 g/mol. The van der Waals surface area contributed by atoms with Crippen molar-refractivity contribution >= 4 is 62.9 Å². The average Bonchev–Trinajstić information content (AvgIpc) is 2.97. The summed E-state index contributed by atoms with van der Waals surface area (Å²) in [5.41, 5.74) is 2.19. The van der Waals surface area contributed by atoms with Gasteiger partial charge in [0.05, 0.1) is 27.2 Å². The van der Waals surface area contributed by atoms with Crippen LogP contribution in [0.2, 0.25) is 0 Å². The predicted molar refractivity (Wildman–Crippen MR) is 118 cm³/mol. The summed E-state index contributed by atoms with van der Waals surface area (Å²) >= 11 is 8.40. The smallest absolute Gasteiger partial charge is 0.263 e. The van der Waals surface area contributed by atoms with E-state index in [-0.39, 0.29) is 12.5 Å². The lowest BCUT2D eigenvalue weighted by Crippen LogP contribution is -2.17. The minimum atomic E-state index is -0.201. The first kappa shape index (κ1) is 19.7. The highest BCUT2D eigenvalue weighted by Gasteiger charge is 2.22. The fourth-order valence-electron chi connectivity index (χ4n) is 2.44. The zero-order valence-electron chi connectivity index (χ0n) is 14.1. The molecule has 1 amide bonds. The predicted octanol–water partition coefficient (Wildman–Crippen LogP) is 4.24. The van der Waals surface area contributed by atoms with E-state index in [1.54, 1.807) is 25.3 Å². The van der Waals surface area contributed by atoms with Crippen LogP contribution in [-0.2, 0) is 11.4 Å². The highest BCUT2D eigenvalue weighted by atomic mass is 127. The van der Waals surface area contributed by atoms with Crippen LogP contribution in [0.25, 0.3) is 6.08 Å². The molecule has 1 fully saturated rings. The molecule has 2 aromatic carbocycles. The fourth-order valence-corrected chi connectivity index (χ4v) is 4.27. The summed E-state index contributed by atoms with van der Waals surface area (Å²) in [6.07, 6.45) is 1.76. The number of carbonyl (C=O) groups excluding carboxylic acids is 1. The molecule has 1 aliphatic heterocycles. The van der Waals surface area contributed by atoms with Crippen LogP contribution in [0.5, 0.6) is 11.5 Å². The second kappa shape index (κ2) is 8.73. The van der Waals surface area contributed by atoms with E-state index in [0.29, 0.717) is 26.3 Å². The van der Waals surface area contributed by atoms with E-state index >= 15 is 0 Å². The van der Waals surface area contributed by atoms with Crippen LogP contribution in [0.15, 0.2) is 41.3 Å². The van der Waals surface area contributed by atoms with Crippen molar-refractivity contribution < 1.29 is 14.3 Å². The van der Waals surface area contributed by atoms with Gasteiger partial charge in [0, 0.05) is 5.56 Å². The summed E-state index contributed by atoms with van der Waals surface area (Å²) in [4.78, 5) is 12.4. The third-order valence-corrected chi connectivity index (χ3v) is 5.67. The van der Waals surface area contributed by atoms with Gasteiger partial charge in [0.1, 0.15) is 10.9 Å². The zero-order valence-corrected chi connectivity index (χ0v) is 17.9. The van der Waals surface area contributed by atoms with Gasteiger partial charge in [-0.25, -0.2) is 0 Å². The van der Waals surface area contributed by atoms with E-state index in [1.165, 1.54) is 11.8 Å². The van der Waals surface area contributed by atoms with Crippen molar-refractivity contribution in [2.24, 2.45) is 0 Å². The third-order valence-electron chi connectivity index (χ3n) is 3.70. The molecule has 0 bridgehead atoms. The molecule has 2 aromatic rings. The number of rotatable bonds is 5. The molecule has 3 rings (SSSR count). The zero-order chi connectivity index (χ0) is 19.4. The van der Waals surface area contributed by atoms with Gasteiger partial charge < -0.3 is 14.8 Å². The van der Waals surface area contributed by atoms with Crippen LogP contribution >= 0.6 is 46.6 Å². The molecule has 1 aliphatic rings. The largest absolute Gasteiger partial charge is 0.493 e. The lowest BCUT2D eigenvalue weighted by molar-refractivity contribution is -0.115. The molecule has 0 atom stereocenters. The molecule has 136 valence electrons. The van der Waals surface area contributed by atoms with Gasteiger partial charge in [-0.1, -0.05) is 42.2 Å². The second-order valence-electron chi connectivity index (χ2n) is 5.44. The van der Waals surface area contributed by atoms with Crippen molar-refractivity contribution in [3.05, 3.63) is 61.6 Å². The molecule has 8 heteroatoms. The van der Waals surface area contributed by atoms with Crippen molar-refractivity contribution in [2.75, 3.05) is 7.11 Å². The van der Waals surface area contributed by atoms with Crippen LogP contribution in [0.4, 0.5) is 0 Å². The number of hydrogen-bond donors (Lipinski definition) is 1. The Hall–Kier alpha value is -2.09. The Morgan fingerprint density at radius 2 is 2.15 bits per heavy atom. The lowest BCUT2D eigenvalue weighted by atomic mass is 10.1. The summed E-state index contributed by atoms with van der Waals surface area (Å²) in [6.45, 7) is 0.253. The molecular formula is C19H13IN2O3S2. The van der Waals surface area contributed by atoms with Crippen molar-refractivity contribution in [1.82, 2.24) is 5.32 Å². The lowest BCUT2D eigenvalue weighted by Gasteiger charge is -2.14. The Morgan fingerprint density at radius 3 is 2.81 bits per heavy atom.